The van der Waals surface area contributed by atoms with Crippen LogP contribution in [0.25, 0.3) is 0 Å². The number of carboxylic acid groups (broad SMARTS) is 1. The van der Waals surface area contributed by atoms with Gasteiger partial charge in [-0.15, -0.1) is 0 Å². The van der Waals surface area contributed by atoms with Gasteiger partial charge in [0.2, 0.25) is 0 Å². The molecule has 26 heavy (non-hydrogen) atoms. The van der Waals surface area contributed by atoms with Gasteiger partial charge in [0.05, 0.1) is 16.7 Å². The number of alkyl halides is 3. The summed E-state index contributed by atoms with van der Waals surface area (Å²) in [7, 11) is 0. The molecule has 0 saturated heterocycles. The fraction of sp³-hybridized carbons (Fsp3) is 0.167. The maximum atomic E-state index is 13.5. The van der Waals surface area contributed by atoms with Crippen LogP contribution in [0.4, 0.5) is 13.2 Å². The monoisotopic (exact) mass is 366 g/mol. The Kier molecular flexibility index (Phi) is 4.75. The van der Waals surface area contributed by atoms with E-state index in [0.717, 1.165) is 18.6 Å². The minimum absolute atomic E-state index is 0.135. The smallest absolute Gasteiger partial charge is 0.420 e. The predicted molar refractivity (Wildman–Crippen MR) is 83.2 cm³/mol. The highest BCUT2D eigenvalue weighted by atomic mass is 19.4. The maximum Gasteiger partial charge on any atom is 0.420 e. The van der Waals surface area contributed by atoms with Gasteiger partial charge in [-0.1, -0.05) is 30.3 Å². The van der Waals surface area contributed by atoms with Gasteiger partial charge in [0.25, 0.3) is 6.29 Å². The average molecular weight is 366 g/mol. The van der Waals surface area contributed by atoms with Crippen molar-refractivity contribution in [1.82, 2.24) is 0 Å². The van der Waals surface area contributed by atoms with Crippen molar-refractivity contribution in [2.75, 3.05) is 0 Å². The summed E-state index contributed by atoms with van der Waals surface area (Å²) in [6, 6.07) is 10.2. The highest BCUT2D eigenvalue weighted by Crippen LogP contribution is 2.43. The van der Waals surface area contributed by atoms with Gasteiger partial charge in [0.15, 0.2) is 0 Å². The number of halogens is 3. The second-order valence-electron chi connectivity index (χ2n) is 5.40. The molecule has 1 N–H and O–H groups in total. The Bertz CT molecular complexity index is 823. The highest BCUT2D eigenvalue weighted by molar-refractivity contribution is 5.88. The lowest BCUT2D eigenvalue weighted by Crippen LogP contribution is -2.15. The lowest BCUT2D eigenvalue weighted by molar-refractivity contribution is -0.139. The number of aromatic carboxylic acids is 1. The van der Waals surface area contributed by atoms with Gasteiger partial charge in [-0.05, 0) is 17.7 Å². The van der Waals surface area contributed by atoms with Crippen molar-refractivity contribution in [2.45, 2.75) is 19.1 Å². The molecule has 8 heteroatoms. The molecule has 0 amide bonds. The molecule has 1 heterocycles. The number of carboxylic acids is 1. The van der Waals surface area contributed by atoms with Crippen LogP contribution in [-0.4, -0.2) is 11.1 Å². The Balaban J connectivity index is 2.06. The van der Waals surface area contributed by atoms with E-state index in [1.165, 1.54) is 0 Å². The molecule has 0 unspecified atom stereocenters. The zero-order valence-electron chi connectivity index (χ0n) is 13.2. The van der Waals surface area contributed by atoms with Gasteiger partial charge in [-0.3, -0.25) is 0 Å². The molecule has 0 spiro atoms. The van der Waals surface area contributed by atoms with Gasteiger partial charge < -0.3 is 19.3 Å². The van der Waals surface area contributed by atoms with Crippen molar-refractivity contribution in [3.05, 3.63) is 77.2 Å². The number of carbonyl (C=O) groups is 1. The Labute approximate surface area is 146 Å². The Morgan fingerprint density at radius 2 is 1.77 bits per heavy atom. The number of ether oxygens (including phenoxy) is 3. The zero-order chi connectivity index (χ0) is 18.7. The number of rotatable bonds is 5. The van der Waals surface area contributed by atoms with Crippen molar-refractivity contribution < 1.29 is 37.3 Å². The molecule has 0 radical (unpaired) electrons. The van der Waals surface area contributed by atoms with Crippen molar-refractivity contribution in [1.29, 1.82) is 0 Å². The maximum absolute atomic E-state index is 13.5. The lowest BCUT2D eigenvalue weighted by atomic mass is 10.0. The minimum atomic E-state index is -4.82. The fourth-order valence-electron chi connectivity index (χ4n) is 2.44. The normalized spacial score (nSPS) is 14.0. The summed E-state index contributed by atoms with van der Waals surface area (Å²) < 4.78 is 56.2. The highest BCUT2D eigenvalue weighted by Gasteiger charge is 2.39. The van der Waals surface area contributed by atoms with Crippen molar-refractivity contribution in [3.63, 3.8) is 0 Å². The molecule has 136 valence electrons. The summed E-state index contributed by atoms with van der Waals surface area (Å²) in [6.07, 6.45) is -3.72. The molecule has 0 fully saturated rings. The molecule has 0 aromatic heterocycles. The van der Waals surface area contributed by atoms with Crippen LogP contribution in [0.5, 0.6) is 5.75 Å². The van der Waals surface area contributed by atoms with Gasteiger partial charge in [-0.25, -0.2) is 4.79 Å². The molecule has 0 bridgehead atoms. The van der Waals surface area contributed by atoms with E-state index in [1.807, 2.05) is 0 Å². The first-order valence-corrected chi connectivity index (χ1v) is 7.47. The summed E-state index contributed by atoms with van der Waals surface area (Å²) in [5.41, 5.74) is -1.25. The standard InChI is InChI=1S/C18H13F3O5/c19-18(20,21)14-9-12(16(22)23)8-13(17-24-6-7-25-17)15(14)26-10-11-4-2-1-3-5-11/h1-9,17H,10H2,(H,22,23). The summed E-state index contributed by atoms with van der Waals surface area (Å²) >= 11 is 0. The molecular weight excluding hydrogens is 353 g/mol. The van der Waals surface area contributed by atoms with Gasteiger partial charge in [0, 0.05) is 0 Å². The molecule has 3 rings (SSSR count). The SMILES string of the molecule is O=C(O)c1cc(C2OC=CO2)c(OCc2ccccc2)c(C(F)(F)F)c1. The molecule has 0 atom stereocenters. The minimum Gasteiger partial charge on any atom is -0.488 e. The number of benzene rings is 2. The molecule has 1 aliphatic heterocycles. The lowest BCUT2D eigenvalue weighted by Gasteiger charge is -2.21. The Morgan fingerprint density at radius 1 is 1.12 bits per heavy atom. The van der Waals surface area contributed by atoms with E-state index in [9.17, 15) is 18.0 Å². The number of hydrogen-bond acceptors (Lipinski definition) is 4. The van der Waals surface area contributed by atoms with E-state index in [0.29, 0.717) is 11.6 Å². The van der Waals surface area contributed by atoms with Gasteiger partial charge >= 0.3 is 12.1 Å². The van der Waals surface area contributed by atoms with E-state index < -0.39 is 35.3 Å². The molecule has 0 saturated carbocycles. The quantitative estimate of drug-likeness (QED) is 0.844. The largest absolute Gasteiger partial charge is 0.488 e. The third kappa shape index (κ3) is 3.74. The van der Waals surface area contributed by atoms with Crippen LogP contribution in [0, 0.1) is 0 Å². The van der Waals surface area contributed by atoms with Crippen LogP contribution in [0.3, 0.4) is 0 Å². The van der Waals surface area contributed by atoms with Crippen molar-refractivity contribution in [3.8, 4) is 5.75 Å². The van der Waals surface area contributed by atoms with E-state index in [1.54, 1.807) is 30.3 Å². The molecule has 2 aromatic carbocycles. The fourth-order valence-corrected chi connectivity index (χ4v) is 2.44. The zero-order valence-corrected chi connectivity index (χ0v) is 13.2. The third-order valence-corrected chi connectivity index (χ3v) is 3.61. The van der Waals surface area contributed by atoms with E-state index in [4.69, 9.17) is 19.3 Å². The van der Waals surface area contributed by atoms with Crippen LogP contribution in [-0.2, 0) is 22.3 Å². The van der Waals surface area contributed by atoms with Crippen LogP contribution < -0.4 is 4.74 Å². The van der Waals surface area contributed by atoms with E-state index in [2.05, 4.69) is 0 Å². The second kappa shape index (κ2) is 6.99. The predicted octanol–water partition coefficient (Wildman–Crippen LogP) is 4.50. The van der Waals surface area contributed by atoms with Crippen LogP contribution in [0.2, 0.25) is 0 Å². The van der Waals surface area contributed by atoms with Crippen LogP contribution >= 0.6 is 0 Å². The average Bonchev–Trinajstić information content (AvgIpc) is 3.13. The summed E-state index contributed by atoms with van der Waals surface area (Å²) in [5, 5.41) is 9.14. The second-order valence-corrected chi connectivity index (χ2v) is 5.40. The molecule has 5 nitrogen and oxygen atoms in total. The molecule has 0 aliphatic carbocycles. The van der Waals surface area contributed by atoms with Crippen LogP contribution in [0.1, 0.15) is 33.3 Å². The van der Waals surface area contributed by atoms with E-state index >= 15 is 0 Å². The molecule has 1 aliphatic rings. The Morgan fingerprint density at radius 3 is 2.35 bits per heavy atom. The first kappa shape index (κ1) is 17.7. The van der Waals surface area contributed by atoms with Crippen molar-refractivity contribution in [2.24, 2.45) is 0 Å². The third-order valence-electron chi connectivity index (χ3n) is 3.61. The van der Waals surface area contributed by atoms with Crippen LogP contribution in [0.15, 0.2) is 55.0 Å². The van der Waals surface area contributed by atoms with Gasteiger partial charge in [-0.2, -0.15) is 13.2 Å². The molecular formula is C18H13F3O5. The summed E-state index contributed by atoms with van der Waals surface area (Å²) in [4.78, 5) is 11.2. The Hall–Kier alpha value is -3.16. The van der Waals surface area contributed by atoms with Gasteiger partial charge in [0.1, 0.15) is 24.9 Å². The topological polar surface area (TPSA) is 65.0 Å². The first-order valence-electron chi connectivity index (χ1n) is 7.47. The first-order chi connectivity index (χ1) is 12.4. The molecule has 2 aromatic rings. The van der Waals surface area contributed by atoms with Crippen molar-refractivity contribution >= 4 is 5.97 Å². The summed E-state index contributed by atoms with van der Waals surface area (Å²) in [5.74, 6) is -2.03. The summed E-state index contributed by atoms with van der Waals surface area (Å²) in [6.45, 7) is -0.135. The number of hydrogen-bond donors (Lipinski definition) is 1. The van der Waals surface area contributed by atoms with E-state index in [-0.39, 0.29) is 12.2 Å².